The van der Waals surface area contributed by atoms with Crippen LogP contribution in [0.25, 0.3) is 10.9 Å². The number of nitrogens with one attached hydrogen (secondary N) is 1. The monoisotopic (exact) mass is 470 g/mol. The van der Waals surface area contributed by atoms with Crippen molar-refractivity contribution in [3.8, 4) is 11.5 Å². The van der Waals surface area contributed by atoms with Crippen molar-refractivity contribution in [2.45, 2.75) is 18.0 Å². The summed E-state index contributed by atoms with van der Waals surface area (Å²) in [4.78, 5) is 15.1. The van der Waals surface area contributed by atoms with Crippen molar-refractivity contribution in [2.24, 2.45) is 0 Å². The predicted octanol–water partition coefficient (Wildman–Crippen LogP) is 3.42. The number of nitrogens with zero attached hydrogens (tertiary/aromatic N) is 1. The summed E-state index contributed by atoms with van der Waals surface area (Å²) >= 11 is 0. The van der Waals surface area contributed by atoms with E-state index in [-0.39, 0.29) is 18.7 Å². The largest absolute Gasteiger partial charge is 0.486 e. The van der Waals surface area contributed by atoms with Crippen LogP contribution in [0.1, 0.15) is 11.3 Å². The van der Waals surface area contributed by atoms with E-state index >= 15 is 0 Å². The van der Waals surface area contributed by atoms with Crippen LogP contribution in [0.4, 0.5) is 4.39 Å². The number of rotatable bonds is 6. The van der Waals surface area contributed by atoms with E-state index in [0.29, 0.717) is 41.4 Å². The van der Waals surface area contributed by atoms with E-state index in [1.807, 2.05) is 0 Å². The first-order valence-electron chi connectivity index (χ1n) is 10.1. The molecule has 3 heterocycles. The Morgan fingerprint density at radius 1 is 0.970 bits per heavy atom. The third-order valence-electron chi connectivity index (χ3n) is 5.30. The molecule has 0 saturated heterocycles. The molecule has 10 heteroatoms. The van der Waals surface area contributed by atoms with Crippen molar-refractivity contribution < 1.29 is 26.7 Å². The number of pyridine rings is 1. The number of hydrogen-bond acceptors (Lipinski definition) is 6. The average molecular weight is 470 g/mol. The molecular weight excluding hydrogens is 451 g/mol. The van der Waals surface area contributed by atoms with Gasteiger partial charge in [0.2, 0.25) is 10.0 Å². The SMILES string of the molecule is O=c1[nH]c2cc3c(cc2cc1CN(Cc1ccco1)S(=O)(=O)c1ccccc1F)OCCO3. The summed E-state index contributed by atoms with van der Waals surface area (Å²) in [5.41, 5.74) is 0.251. The molecule has 0 spiro atoms. The molecule has 2 aromatic carbocycles. The zero-order valence-corrected chi connectivity index (χ0v) is 18.1. The number of hydrogen-bond donors (Lipinski definition) is 1. The number of sulfonamides is 1. The van der Waals surface area contributed by atoms with Gasteiger partial charge in [0.15, 0.2) is 11.5 Å². The second-order valence-corrected chi connectivity index (χ2v) is 9.40. The van der Waals surface area contributed by atoms with E-state index in [1.165, 1.54) is 24.5 Å². The predicted molar refractivity (Wildman–Crippen MR) is 117 cm³/mol. The highest BCUT2D eigenvalue weighted by Crippen LogP contribution is 2.34. The van der Waals surface area contributed by atoms with Crippen LogP contribution >= 0.6 is 0 Å². The van der Waals surface area contributed by atoms with Crippen molar-refractivity contribution in [2.75, 3.05) is 13.2 Å². The van der Waals surface area contributed by atoms with Gasteiger partial charge in [0.25, 0.3) is 5.56 Å². The zero-order chi connectivity index (χ0) is 23.0. The molecule has 8 nitrogen and oxygen atoms in total. The van der Waals surface area contributed by atoms with Crippen LogP contribution in [0.2, 0.25) is 0 Å². The van der Waals surface area contributed by atoms with Crippen LogP contribution in [0.5, 0.6) is 11.5 Å². The van der Waals surface area contributed by atoms with Gasteiger partial charge in [0, 0.05) is 23.6 Å². The van der Waals surface area contributed by atoms with Crippen LogP contribution in [0.15, 0.2) is 75.0 Å². The Hall–Kier alpha value is -3.63. The molecule has 0 fully saturated rings. The molecule has 0 aliphatic carbocycles. The average Bonchev–Trinajstić information content (AvgIpc) is 3.31. The minimum atomic E-state index is -4.29. The van der Waals surface area contributed by atoms with Gasteiger partial charge in [-0.25, -0.2) is 12.8 Å². The van der Waals surface area contributed by atoms with Gasteiger partial charge in [-0.15, -0.1) is 0 Å². The van der Waals surface area contributed by atoms with Crippen LogP contribution in [-0.2, 0) is 23.1 Å². The fourth-order valence-corrected chi connectivity index (χ4v) is 5.14. The lowest BCUT2D eigenvalue weighted by atomic mass is 10.1. The van der Waals surface area contributed by atoms with E-state index in [1.54, 1.807) is 30.3 Å². The number of H-pyrrole nitrogens is 1. The third-order valence-corrected chi connectivity index (χ3v) is 7.12. The van der Waals surface area contributed by atoms with Gasteiger partial charge in [-0.05, 0) is 36.4 Å². The Morgan fingerprint density at radius 3 is 2.45 bits per heavy atom. The summed E-state index contributed by atoms with van der Waals surface area (Å²) in [6, 6.07) is 13.3. The summed E-state index contributed by atoms with van der Waals surface area (Å²) in [7, 11) is -4.29. The van der Waals surface area contributed by atoms with Gasteiger partial charge >= 0.3 is 0 Å². The van der Waals surface area contributed by atoms with Gasteiger partial charge in [-0.3, -0.25) is 4.79 Å². The molecule has 1 N–H and O–H groups in total. The number of aromatic amines is 1. The highest BCUT2D eigenvalue weighted by Gasteiger charge is 2.29. The van der Waals surface area contributed by atoms with Crippen molar-refractivity contribution in [1.29, 1.82) is 0 Å². The van der Waals surface area contributed by atoms with Crippen LogP contribution in [-0.4, -0.2) is 30.9 Å². The number of benzene rings is 2. The second kappa shape index (κ2) is 8.38. The number of fused-ring (bicyclic) bond motifs is 2. The maximum Gasteiger partial charge on any atom is 0.252 e. The fourth-order valence-electron chi connectivity index (χ4n) is 3.69. The van der Waals surface area contributed by atoms with E-state index in [9.17, 15) is 17.6 Å². The molecule has 0 atom stereocenters. The van der Waals surface area contributed by atoms with E-state index < -0.39 is 26.3 Å². The highest BCUT2D eigenvalue weighted by atomic mass is 32.2. The van der Waals surface area contributed by atoms with E-state index in [0.717, 1.165) is 10.4 Å². The Morgan fingerprint density at radius 2 is 1.73 bits per heavy atom. The molecular formula is C23H19FN2O6S. The zero-order valence-electron chi connectivity index (χ0n) is 17.3. The number of ether oxygens (including phenoxy) is 2. The van der Waals surface area contributed by atoms with Gasteiger partial charge < -0.3 is 18.9 Å². The van der Waals surface area contributed by atoms with Gasteiger partial charge in [-0.1, -0.05) is 12.1 Å². The van der Waals surface area contributed by atoms with Crippen molar-refractivity contribution in [1.82, 2.24) is 9.29 Å². The Bertz CT molecular complexity index is 1480. The fraction of sp³-hybridized carbons (Fsp3) is 0.174. The number of furan rings is 1. The lowest BCUT2D eigenvalue weighted by Gasteiger charge is -2.22. The minimum absolute atomic E-state index is 0.178. The molecule has 0 radical (unpaired) electrons. The maximum absolute atomic E-state index is 14.4. The molecule has 0 bridgehead atoms. The molecule has 0 amide bonds. The van der Waals surface area contributed by atoms with Crippen molar-refractivity contribution >= 4 is 20.9 Å². The topological polar surface area (TPSA) is 102 Å². The first-order valence-corrected chi connectivity index (χ1v) is 11.6. The minimum Gasteiger partial charge on any atom is -0.486 e. The molecule has 5 rings (SSSR count). The molecule has 33 heavy (non-hydrogen) atoms. The van der Waals surface area contributed by atoms with Crippen LogP contribution in [0, 0.1) is 5.82 Å². The second-order valence-electron chi connectivity index (χ2n) is 7.49. The maximum atomic E-state index is 14.4. The number of halogens is 1. The Kier molecular flexibility index (Phi) is 5.39. The van der Waals surface area contributed by atoms with E-state index in [4.69, 9.17) is 13.9 Å². The summed E-state index contributed by atoms with van der Waals surface area (Å²) in [5, 5.41) is 0.648. The highest BCUT2D eigenvalue weighted by molar-refractivity contribution is 7.89. The standard InChI is InChI=1S/C23H19FN2O6S/c24-18-5-1-2-6-22(18)33(28,29)26(14-17-4-3-7-30-17)13-16-10-15-11-20-21(32-9-8-31-20)12-19(15)25-23(16)27/h1-7,10-12H,8-9,13-14H2,(H,25,27). The molecule has 0 saturated carbocycles. The van der Waals surface area contributed by atoms with E-state index in [2.05, 4.69) is 4.98 Å². The van der Waals surface area contributed by atoms with Crippen LogP contribution in [0.3, 0.4) is 0 Å². The molecule has 170 valence electrons. The third kappa shape index (κ3) is 4.10. The Balaban J connectivity index is 1.57. The van der Waals surface area contributed by atoms with Gasteiger partial charge in [0.05, 0.1) is 18.3 Å². The summed E-state index contributed by atoms with van der Waals surface area (Å²) < 4.78 is 58.6. The van der Waals surface area contributed by atoms with Gasteiger partial charge in [-0.2, -0.15) is 4.31 Å². The molecule has 2 aromatic heterocycles. The first-order chi connectivity index (χ1) is 15.9. The molecule has 1 aliphatic heterocycles. The van der Waals surface area contributed by atoms with Crippen molar-refractivity contribution in [3.63, 3.8) is 0 Å². The lowest BCUT2D eigenvalue weighted by molar-refractivity contribution is 0.172. The normalized spacial score (nSPS) is 13.5. The molecule has 1 aliphatic rings. The lowest BCUT2D eigenvalue weighted by Crippen LogP contribution is -2.33. The van der Waals surface area contributed by atoms with Crippen LogP contribution < -0.4 is 15.0 Å². The molecule has 0 unspecified atom stereocenters. The summed E-state index contributed by atoms with van der Waals surface area (Å²) in [6.07, 6.45) is 1.41. The Labute approximate surface area is 188 Å². The smallest absolute Gasteiger partial charge is 0.252 e. The summed E-state index contributed by atoms with van der Waals surface area (Å²) in [5.74, 6) is 0.543. The quantitative estimate of drug-likeness (QED) is 0.463. The molecule has 4 aromatic rings. The summed E-state index contributed by atoms with van der Waals surface area (Å²) in [6.45, 7) is 0.350. The van der Waals surface area contributed by atoms with Crippen molar-refractivity contribution in [3.05, 3.63) is 88.4 Å². The first kappa shape index (κ1) is 21.2. The van der Waals surface area contributed by atoms with Gasteiger partial charge in [0.1, 0.15) is 29.7 Å². The number of aromatic nitrogens is 1.